The molecule has 1 fully saturated rings. The Bertz CT molecular complexity index is 1120. The summed E-state index contributed by atoms with van der Waals surface area (Å²) in [4.78, 5) is 20.8. The third-order valence-electron chi connectivity index (χ3n) is 5.85. The molecule has 0 aliphatic carbocycles. The molecule has 4 rings (SSSR count). The number of benzene rings is 2. The Morgan fingerprint density at radius 1 is 1.09 bits per heavy atom. The third-order valence-corrected chi connectivity index (χ3v) is 6.16. The minimum absolute atomic E-state index is 0.146. The number of aryl methyl sites for hydroxylation is 1. The van der Waals surface area contributed by atoms with Crippen LogP contribution >= 0.6 is 11.6 Å². The summed E-state index contributed by atoms with van der Waals surface area (Å²) in [5.41, 5.74) is 2.25. The largest absolute Gasteiger partial charge is 0.490 e. The van der Waals surface area contributed by atoms with Crippen LogP contribution in [0.5, 0.6) is 5.75 Å². The Labute approximate surface area is 204 Å². The van der Waals surface area contributed by atoms with E-state index < -0.39 is 6.03 Å². The number of piperidine rings is 1. The van der Waals surface area contributed by atoms with E-state index in [1.54, 1.807) is 12.1 Å². The molecular weight excluding hydrogens is 452 g/mol. The first-order valence-corrected chi connectivity index (χ1v) is 11.8. The van der Waals surface area contributed by atoms with Gasteiger partial charge in [-0.1, -0.05) is 29.8 Å². The molecule has 34 heavy (non-hydrogen) atoms. The number of anilines is 4. The molecule has 8 nitrogen and oxygen atoms in total. The summed E-state index contributed by atoms with van der Waals surface area (Å²) in [6.45, 7) is 6.09. The van der Waals surface area contributed by atoms with Crippen molar-refractivity contribution >= 4 is 40.6 Å². The Kier molecular flexibility index (Phi) is 7.82. The van der Waals surface area contributed by atoms with Gasteiger partial charge in [-0.2, -0.15) is 0 Å². The fourth-order valence-corrected chi connectivity index (χ4v) is 4.23. The van der Waals surface area contributed by atoms with Gasteiger partial charge < -0.3 is 20.7 Å². The van der Waals surface area contributed by atoms with Crippen molar-refractivity contribution in [2.45, 2.75) is 32.8 Å². The summed E-state index contributed by atoms with van der Waals surface area (Å²) < 4.78 is 6.21. The lowest BCUT2D eigenvalue weighted by molar-refractivity contribution is 0.128. The molecule has 1 saturated heterocycles. The smallest absolute Gasteiger partial charge is 0.324 e. The summed E-state index contributed by atoms with van der Waals surface area (Å²) in [7, 11) is 0. The first kappa shape index (κ1) is 23.8. The Morgan fingerprint density at radius 2 is 1.85 bits per heavy atom. The number of ether oxygens (including phenoxy) is 1. The number of rotatable bonds is 7. The molecule has 9 heteroatoms. The lowest BCUT2D eigenvalue weighted by Crippen LogP contribution is -2.35. The van der Waals surface area contributed by atoms with Crippen LogP contribution in [0.4, 0.5) is 27.8 Å². The van der Waals surface area contributed by atoms with Crippen molar-refractivity contribution in [2.75, 3.05) is 29.0 Å². The van der Waals surface area contributed by atoms with Crippen molar-refractivity contribution in [3.8, 4) is 5.75 Å². The van der Waals surface area contributed by atoms with Crippen LogP contribution in [0.3, 0.4) is 0 Å². The molecular formula is C25H29ClN6O2. The number of para-hydroxylation sites is 1. The number of carbonyl (C=O) groups excluding carboxylic acids is 1. The number of amides is 2. The highest BCUT2D eigenvalue weighted by Crippen LogP contribution is 2.27. The number of nitrogens with zero attached hydrogens (tertiary/aromatic N) is 2. The topological polar surface area (TPSA) is 100 Å². The van der Waals surface area contributed by atoms with E-state index in [0.29, 0.717) is 28.3 Å². The lowest BCUT2D eigenvalue weighted by Gasteiger charge is -2.28. The zero-order valence-corrected chi connectivity index (χ0v) is 20.0. The van der Waals surface area contributed by atoms with Crippen LogP contribution in [0, 0.1) is 12.8 Å². The maximum atomic E-state index is 12.5. The number of hydrogen-bond donors (Lipinski definition) is 4. The molecule has 1 atom stereocenters. The summed E-state index contributed by atoms with van der Waals surface area (Å²) in [5, 5.41) is 12.6. The van der Waals surface area contributed by atoms with Crippen molar-refractivity contribution in [1.29, 1.82) is 0 Å². The molecule has 2 aromatic carbocycles. The van der Waals surface area contributed by atoms with Crippen LogP contribution in [-0.2, 0) is 0 Å². The quantitative estimate of drug-likeness (QED) is 0.351. The highest BCUT2D eigenvalue weighted by Gasteiger charge is 2.21. The first-order valence-electron chi connectivity index (χ1n) is 11.4. The summed E-state index contributed by atoms with van der Waals surface area (Å²) >= 11 is 6.19. The SMILES string of the molecule is Cc1cccc(Cl)c1NC(=O)Nc1cc(Nc2cccc(OC(C)C3CCNCC3)c2)ncn1. The number of halogens is 1. The fourth-order valence-electron chi connectivity index (χ4n) is 3.96. The van der Waals surface area contributed by atoms with Gasteiger partial charge in [0.1, 0.15) is 23.7 Å². The van der Waals surface area contributed by atoms with Crippen molar-refractivity contribution < 1.29 is 9.53 Å². The van der Waals surface area contributed by atoms with Crippen LogP contribution in [0.2, 0.25) is 5.02 Å². The van der Waals surface area contributed by atoms with Gasteiger partial charge in [0, 0.05) is 17.8 Å². The van der Waals surface area contributed by atoms with Gasteiger partial charge in [-0.3, -0.25) is 5.32 Å². The van der Waals surface area contributed by atoms with Crippen molar-refractivity contribution in [2.24, 2.45) is 5.92 Å². The van der Waals surface area contributed by atoms with E-state index in [9.17, 15) is 4.79 Å². The standard InChI is InChI=1S/C25H29ClN6O2/c1-16-5-3-8-21(26)24(16)32-25(33)31-23-14-22(28-15-29-23)30-19-6-4-7-20(13-19)34-17(2)18-9-11-27-12-10-18/h3-8,13-15,17-18,27H,9-12H2,1-2H3,(H3,28,29,30,31,32,33). The zero-order chi connectivity index (χ0) is 23.9. The predicted octanol–water partition coefficient (Wildman–Crippen LogP) is 5.59. The second-order valence-electron chi connectivity index (χ2n) is 8.36. The number of carbonyl (C=O) groups is 1. The summed E-state index contributed by atoms with van der Waals surface area (Å²) in [6.07, 6.45) is 3.78. The van der Waals surface area contributed by atoms with Crippen molar-refractivity contribution in [3.63, 3.8) is 0 Å². The zero-order valence-electron chi connectivity index (χ0n) is 19.3. The van der Waals surface area contributed by atoms with Crippen molar-refractivity contribution in [3.05, 3.63) is 65.4 Å². The van der Waals surface area contributed by atoms with Crippen LogP contribution in [0.1, 0.15) is 25.3 Å². The van der Waals surface area contributed by atoms with Gasteiger partial charge in [-0.25, -0.2) is 14.8 Å². The Morgan fingerprint density at radius 3 is 2.65 bits per heavy atom. The maximum absolute atomic E-state index is 12.5. The third kappa shape index (κ3) is 6.36. The van der Waals surface area contributed by atoms with Crippen LogP contribution < -0.4 is 26.0 Å². The van der Waals surface area contributed by atoms with E-state index in [2.05, 4.69) is 38.2 Å². The van der Waals surface area contributed by atoms with Gasteiger partial charge in [0.05, 0.1) is 16.8 Å². The maximum Gasteiger partial charge on any atom is 0.324 e. The van der Waals surface area contributed by atoms with Gasteiger partial charge in [0.25, 0.3) is 0 Å². The number of aromatic nitrogens is 2. The van der Waals surface area contributed by atoms with Gasteiger partial charge >= 0.3 is 6.03 Å². The number of urea groups is 1. The summed E-state index contributed by atoms with van der Waals surface area (Å²) in [6, 6.07) is 14.4. The molecule has 1 aromatic heterocycles. The minimum Gasteiger partial charge on any atom is -0.490 e. The first-order chi connectivity index (χ1) is 16.5. The van der Waals surface area contributed by atoms with Gasteiger partial charge in [0.2, 0.25) is 0 Å². The fraction of sp³-hybridized carbons (Fsp3) is 0.320. The lowest BCUT2D eigenvalue weighted by atomic mass is 9.93. The molecule has 178 valence electrons. The Balaban J connectivity index is 1.37. The number of nitrogens with one attached hydrogen (secondary N) is 4. The molecule has 0 bridgehead atoms. The molecule has 3 aromatic rings. The average molecular weight is 481 g/mol. The molecule has 0 spiro atoms. The second-order valence-corrected chi connectivity index (χ2v) is 8.77. The molecule has 0 saturated carbocycles. The number of hydrogen-bond acceptors (Lipinski definition) is 6. The summed E-state index contributed by atoms with van der Waals surface area (Å²) in [5.74, 6) is 2.25. The molecule has 2 amide bonds. The predicted molar refractivity (Wildman–Crippen MR) is 136 cm³/mol. The van der Waals surface area contributed by atoms with E-state index in [-0.39, 0.29) is 6.10 Å². The van der Waals surface area contributed by atoms with Crippen LogP contribution in [-0.4, -0.2) is 35.2 Å². The van der Waals surface area contributed by atoms with Gasteiger partial charge in [0.15, 0.2) is 0 Å². The van der Waals surface area contributed by atoms with Gasteiger partial charge in [-0.15, -0.1) is 0 Å². The monoisotopic (exact) mass is 480 g/mol. The Hall–Kier alpha value is -3.36. The normalized spacial score (nSPS) is 14.8. The van der Waals surface area contributed by atoms with E-state index >= 15 is 0 Å². The van der Waals surface area contributed by atoms with E-state index in [0.717, 1.165) is 42.9 Å². The molecule has 2 heterocycles. The molecule has 1 aliphatic heterocycles. The average Bonchev–Trinajstić information content (AvgIpc) is 2.82. The molecule has 4 N–H and O–H groups in total. The molecule has 1 unspecified atom stereocenters. The van der Waals surface area contributed by atoms with E-state index in [1.807, 2.05) is 43.3 Å². The highest BCUT2D eigenvalue weighted by molar-refractivity contribution is 6.34. The van der Waals surface area contributed by atoms with Crippen LogP contribution in [0.25, 0.3) is 0 Å². The van der Waals surface area contributed by atoms with Gasteiger partial charge in [-0.05, 0) is 69.5 Å². The van der Waals surface area contributed by atoms with Crippen molar-refractivity contribution in [1.82, 2.24) is 15.3 Å². The molecule has 0 radical (unpaired) electrons. The van der Waals surface area contributed by atoms with E-state index in [1.165, 1.54) is 6.33 Å². The second kappa shape index (κ2) is 11.2. The van der Waals surface area contributed by atoms with Crippen LogP contribution in [0.15, 0.2) is 54.9 Å². The minimum atomic E-state index is -0.442. The highest BCUT2D eigenvalue weighted by atomic mass is 35.5. The molecule has 1 aliphatic rings. The van der Waals surface area contributed by atoms with E-state index in [4.69, 9.17) is 16.3 Å².